The van der Waals surface area contributed by atoms with Crippen molar-refractivity contribution in [2.45, 2.75) is 0 Å². The summed E-state index contributed by atoms with van der Waals surface area (Å²) in [6.07, 6.45) is 1.35. The molecule has 1 aromatic carbocycles. The van der Waals surface area contributed by atoms with E-state index in [1.807, 2.05) is 6.07 Å². The average Bonchev–Trinajstić information content (AvgIpc) is 2.41. The first kappa shape index (κ1) is 11.6. The van der Waals surface area contributed by atoms with Crippen LogP contribution in [0.25, 0.3) is 0 Å². The lowest BCUT2D eigenvalue weighted by Crippen LogP contribution is -2.29. The third-order valence-corrected chi connectivity index (χ3v) is 2.22. The van der Waals surface area contributed by atoms with Gasteiger partial charge < -0.3 is 4.84 Å². The van der Waals surface area contributed by atoms with Crippen LogP contribution in [-0.4, -0.2) is 10.7 Å². The second-order valence-electron chi connectivity index (χ2n) is 3.43. The summed E-state index contributed by atoms with van der Waals surface area (Å²) in [5.41, 5.74) is 0.285. The van der Waals surface area contributed by atoms with E-state index < -0.39 is 11.5 Å². The number of carbonyl (C=O) groups is 1. The molecule has 1 aromatic heterocycles. The molecular formula is C13H8N2O3. The molecule has 18 heavy (non-hydrogen) atoms. The van der Waals surface area contributed by atoms with Gasteiger partial charge in [-0.05, 0) is 30.3 Å². The number of hydrogen-bond donors (Lipinski definition) is 0. The number of carbonyl (C=O) groups excluding carboxylic acids is 1. The summed E-state index contributed by atoms with van der Waals surface area (Å²) in [6, 6.07) is 12.3. The SMILES string of the molecule is N#Cc1ccc(C(=O)On2ccccc2=O)cc1. The number of rotatable bonds is 2. The fourth-order valence-corrected chi connectivity index (χ4v) is 1.31. The first-order chi connectivity index (χ1) is 8.70. The molecule has 0 spiro atoms. The largest absolute Gasteiger partial charge is 0.363 e. The van der Waals surface area contributed by atoms with Crippen LogP contribution in [0.3, 0.4) is 0 Å². The Morgan fingerprint density at radius 1 is 1.17 bits per heavy atom. The zero-order chi connectivity index (χ0) is 13.0. The van der Waals surface area contributed by atoms with Crippen molar-refractivity contribution in [1.29, 1.82) is 5.26 Å². The number of pyridine rings is 1. The van der Waals surface area contributed by atoms with Crippen LogP contribution >= 0.6 is 0 Å². The van der Waals surface area contributed by atoms with Gasteiger partial charge in [0.25, 0.3) is 5.56 Å². The van der Waals surface area contributed by atoms with Gasteiger partial charge in [0.2, 0.25) is 0 Å². The van der Waals surface area contributed by atoms with Crippen molar-refractivity contribution in [3.8, 4) is 6.07 Å². The van der Waals surface area contributed by atoms with Gasteiger partial charge in [-0.25, -0.2) is 4.79 Å². The van der Waals surface area contributed by atoms with Crippen molar-refractivity contribution < 1.29 is 9.63 Å². The average molecular weight is 240 g/mol. The molecule has 0 atom stereocenters. The maximum atomic E-state index is 11.7. The molecule has 0 aliphatic carbocycles. The lowest BCUT2D eigenvalue weighted by Gasteiger charge is -2.05. The van der Waals surface area contributed by atoms with Crippen molar-refractivity contribution in [3.05, 3.63) is 70.1 Å². The lowest BCUT2D eigenvalue weighted by atomic mass is 10.1. The summed E-state index contributed by atoms with van der Waals surface area (Å²) in [4.78, 5) is 27.9. The highest BCUT2D eigenvalue weighted by molar-refractivity contribution is 5.89. The summed E-state index contributed by atoms with van der Waals surface area (Å²) in [7, 11) is 0. The van der Waals surface area contributed by atoms with E-state index in [9.17, 15) is 9.59 Å². The first-order valence-corrected chi connectivity index (χ1v) is 5.11. The Balaban J connectivity index is 2.20. The van der Waals surface area contributed by atoms with Gasteiger partial charge in [-0.15, -0.1) is 4.73 Å². The van der Waals surface area contributed by atoms with E-state index in [2.05, 4.69) is 0 Å². The van der Waals surface area contributed by atoms with E-state index in [0.717, 1.165) is 4.73 Å². The standard InChI is InChI=1S/C13H8N2O3/c14-9-10-4-6-11(7-5-10)13(17)18-15-8-2-1-3-12(15)16/h1-8H. The number of hydrogen-bond acceptors (Lipinski definition) is 4. The van der Waals surface area contributed by atoms with Crippen molar-refractivity contribution in [3.63, 3.8) is 0 Å². The summed E-state index contributed by atoms with van der Waals surface area (Å²) >= 11 is 0. The molecule has 88 valence electrons. The molecule has 2 aromatic rings. The monoisotopic (exact) mass is 240 g/mol. The fourth-order valence-electron chi connectivity index (χ4n) is 1.31. The Kier molecular flexibility index (Phi) is 3.21. The zero-order valence-corrected chi connectivity index (χ0v) is 9.24. The van der Waals surface area contributed by atoms with Crippen LogP contribution in [0.4, 0.5) is 0 Å². The van der Waals surface area contributed by atoms with Gasteiger partial charge in [0.05, 0.1) is 17.2 Å². The van der Waals surface area contributed by atoms with Crippen LogP contribution in [0.15, 0.2) is 53.5 Å². The summed E-state index contributed by atoms with van der Waals surface area (Å²) in [5.74, 6) is -0.659. The lowest BCUT2D eigenvalue weighted by molar-refractivity contribution is 0.0443. The van der Waals surface area contributed by atoms with E-state index in [0.29, 0.717) is 5.56 Å². The predicted molar refractivity (Wildman–Crippen MR) is 62.8 cm³/mol. The molecule has 2 rings (SSSR count). The molecule has 0 saturated carbocycles. The minimum atomic E-state index is -0.659. The molecule has 0 fully saturated rings. The number of aromatic nitrogens is 1. The molecule has 0 amide bonds. The van der Waals surface area contributed by atoms with Gasteiger partial charge in [0.15, 0.2) is 0 Å². The molecule has 0 unspecified atom stereocenters. The van der Waals surface area contributed by atoms with E-state index >= 15 is 0 Å². The molecular weight excluding hydrogens is 232 g/mol. The minimum absolute atomic E-state index is 0.268. The van der Waals surface area contributed by atoms with Crippen molar-refractivity contribution in [2.75, 3.05) is 0 Å². The molecule has 5 heteroatoms. The van der Waals surface area contributed by atoms with Gasteiger partial charge in [0.1, 0.15) is 0 Å². The van der Waals surface area contributed by atoms with Crippen LogP contribution in [0.2, 0.25) is 0 Å². The summed E-state index contributed by atoms with van der Waals surface area (Å²) in [6.45, 7) is 0. The highest BCUT2D eigenvalue weighted by Crippen LogP contribution is 2.03. The first-order valence-electron chi connectivity index (χ1n) is 5.11. The molecule has 0 bridgehead atoms. The quantitative estimate of drug-likeness (QED) is 0.784. The van der Waals surface area contributed by atoms with Crippen LogP contribution in [0.5, 0.6) is 0 Å². The van der Waals surface area contributed by atoms with Gasteiger partial charge in [0, 0.05) is 12.3 Å². The normalized spacial score (nSPS) is 9.50. The highest BCUT2D eigenvalue weighted by Gasteiger charge is 2.08. The second-order valence-corrected chi connectivity index (χ2v) is 3.43. The van der Waals surface area contributed by atoms with Gasteiger partial charge in [-0.2, -0.15) is 5.26 Å². The molecule has 1 heterocycles. The molecule has 0 aliphatic rings. The fraction of sp³-hybridized carbons (Fsp3) is 0. The Morgan fingerprint density at radius 3 is 2.50 bits per heavy atom. The minimum Gasteiger partial charge on any atom is -0.328 e. The Hall–Kier alpha value is -2.87. The molecule has 0 radical (unpaired) electrons. The zero-order valence-electron chi connectivity index (χ0n) is 9.24. The Bertz CT molecular complexity index is 666. The maximum Gasteiger partial charge on any atom is 0.363 e. The predicted octanol–water partition coefficient (Wildman–Crippen LogP) is 0.989. The molecule has 0 N–H and O–H groups in total. The van der Waals surface area contributed by atoms with Gasteiger partial charge in [-0.3, -0.25) is 4.79 Å². The van der Waals surface area contributed by atoms with E-state index in [1.165, 1.54) is 36.5 Å². The van der Waals surface area contributed by atoms with Gasteiger partial charge in [-0.1, -0.05) is 6.07 Å². The molecule has 0 aliphatic heterocycles. The van der Waals surface area contributed by atoms with Crippen molar-refractivity contribution in [1.82, 2.24) is 4.73 Å². The smallest absolute Gasteiger partial charge is 0.328 e. The third-order valence-electron chi connectivity index (χ3n) is 2.22. The molecule has 5 nitrogen and oxygen atoms in total. The van der Waals surface area contributed by atoms with Crippen molar-refractivity contribution >= 4 is 5.97 Å². The Morgan fingerprint density at radius 2 is 1.89 bits per heavy atom. The number of nitrogens with zero attached hydrogens (tertiary/aromatic N) is 2. The summed E-state index contributed by atoms with van der Waals surface area (Å²) in [5, 5.41) is 8.63. The third kappa shape index (κ3) is 2.44. The van der Waals surface area contributed by atoms with Crippen LogP contribution in [0, 0.1) is 11.3 Å². The Labute approximate surface area is 102 Å². The second kappa shape index (κ2) is 4.97. The van der Waals surface area contributed by atoms with Crippen molar-refractivity contribution in [2.24, 2.45) is 0 Å². The van der Waals surface area contributed by atoms with E-state index in [-0.39, 0.29) is 5.56 Å². The van der Waals surface area contributed by atoms with Crippen LogP contribution in [0.1, 0.15) is 15.9 Å². The maximum absolute atomic E-state index is 11.7. The van der Waals surface area contributed by atoms with Crippen LogP contribution in [-0.2, 0) is 0 Å². The van der Waals surface area contributed by atoms with E-state index in [1.54, 1.807) is 12.1 Å². The van der Waals surface area contributed by atoms with E-state index in [4.69, 9.17) is 10.1 Å². The van der Waals surface area contributed by atoms with Crippen LogP contribution < -0.4 is 10.4 Å². The molecule has 0 saturated heterocycles. The topological polar surface area (TPSA) is 72.1 Å². The summed E-state index contributed by atoms with van der Waals surface area (Å²) < 4.78 is 0.848. The number of benzene rings is 1. The number of nitriles is 1. The van der Waals surface area contributed by atoms with Gasteiger partial charge >= 0.3 is 5.97 Å². The highest BCUT2D eigenvalue weighted by atomic mass is 16.7.